The highest BCUT2D eigenvalue weighted by atomic mass is 16.3. The minimum Gasteiger partial charge on any atom is -0.508 e. The molecular weight excluding hydrogens is 510 g/mol. The normalized spacial score (nSPS) is 11.6. The minimum absolute atomic E-state index is 0.139. The zero-order valence-electron chi connectivity index (χ0n) is 24.5. The lowest BCUT2D eigenvalue weighted by Crippen LogP contribution is -2.47. The Morgan fingerprint density at radius 2 is 1.44 bits per heavy atom. The van der Waals surface area contributed by atoms with Crippen LogP contribution in [0.2, 0.25) is 0 Å². The molecular formula is C35H47N3O3. The Kier molecular flexibility index (Phi) is 13.8. The number of nitrogen functional groups attached to an aromatic ring is 1. The van der Waals surface area contributed by atoms with Crippen molar-refractivity contribution in [3.63, 3.8) is 0 Å². The van der Waals surface area contributed by atoms with Crippen molar-refractivity contribution in [2.75, 3.05) is 12.3 Å². The summed E-state index contributed by atoms with van der Waals surface area (Å²) in [7, 11) is 0. The number of phenols is 1. The number of aryl methyl sites for hydroxylation is 3. The number of hydrogen-bond donors (Lipinski definition) is 4. The molecule has 1 atom stereocenters. The molecule has 3 aromatic carbocycles. The molecule has 0 saturated heterocycles. The van der Waals surface area contributed by atoms with Crippen LogP contribution in [0, 0.1) is 0 Å². The van der Waals surface area contributed by atoms with Crippen molar-refractivity contribution in [2.24, 2.45) is 0 Å². The van der Waals surface area contributed by atoms with E-state index in [4.69, 9.17) is 5.73 Å². The second kappa shape index (κ2) is 17.8. The monoisotopic (exact) mass is 557 g/mol. The van der Waals surface area contributed by atoms with Gasteiger partial charge in [-0.25, -0.2) is 0 Å². The Morgan fingerprint density at radius 1 is 0.780 bits per heavy atom. The quantitative estimate of drug-likeness (QED) is 0.103. The number of benzene rings is 3. The average molecular weight is 558 g/mol. The first-order valence-corrected chi connectivity index (χ1v) is 15.2. The van der Waals surface area contributed by atoms with Gasteiger partial charge in [-0.1, -0.05) is 94.3 Å². The number of hydrogen-bond acceptors (Lipinski definition) is 4. The van der Waals surface area contributed by atoms with Crippen LogP contribution in [-0.4, -0.2) is 29.5 Å². The number of carbonyl (C=O) groups excluding carboxylic acids is 2. The number of anilines is 1. The molecule has 0 spiro atoms. The summed E-state index contributed by atoms with van der Waals surface area (Å²) in [4.78, 5) is 26.5. The Hall–Kier alpha value is -3.80. The molecule has 0 aromatic heterocycles. The summed E-state index contributed by atoms with van der Waals surface area (Å²) in [5, 5.41) is 15.6. The van der Waals surface area contributed by atoms with Crippen molar-refractivity contribution in [3.8, 4) is 5.75 Å². The van der Waals surface area contributed by atoms with Gasteiger partial charge in [0.15, 0.2) is 0 Å². The van der Waals surface area contributed by atoms with Crippen LogP contribution in [0.15, 0.2) is 72.8 Å². The molecule has 0 aliphatic rings. The second-order valence-electron chi connectivity index (χ2n) is 10.9. The fourth-order valence-electron chi connectivity index (χ4n) is 4.96. The van der Waals surface area contributed by atoms with Crippen molar-refractivity contribution in [1.29, 1.82) is 0 Å². The van der Waals surface area contributed by atoms with Crippen molar-refractivity contribution in [1.82, 2.24) is 10.6 Å². The van der Waals surface area contributed by atoms with Crippen LogP contribution in [0.4, 0.5) is 5.69 Å². The van der Waals surface area contributed by atoms with E-state index in [2.05, 4.69) is 17.6 Å². The molecule has 0 unspecified atom stereocenters. The molecule has 0 fully saturated rings. The average Bonchev–Trinajstić information content (AvgIpc) is 2.99. The molecule has 0 aliphatic heterocycles. The number of carbonyl (C=O) groups is 2. The third kappa shape index (κ3) is 11.7. The van der Waals surface area contributed by atoms with E-state index in [1.165, 1.54) is 38.5 Å². The van der Waals surface area contributed by atoms with E-state index in [1.54, 1.807) is 24.3 Å². The van der Waals surface area contributed by atoms with Crippen molar-refractivity contribution < 1.29 is 14.7 Å². The summed E-state index contributed by atoms with van der Waals surface area (Å²) in [5.74, 6) is -0.188. The van der Waals surface area contributed by atoms with Gasteiger partial charge in [-0.05, 0) is 79.1 Å². The lowest BCUT2D eigenvalue weighted by Gasteiger charge is -2.19. The van der Waals surface area contributed by atoms with Crippen LogP contribution in [0.5, 0.6) is 5.75 Å². The van der Waals surface area contributed by atoms with Crippen molar-refractivity contribution in [2.45, 2.75) is 90.0 Å². The Balaban J connectivity index is 1.57. The van der Waals surface area contributed by atoms with E-state index < -0.39 is 6.04 Å². The lowest BCUT2D eigenvalue weighted by molar-refractivity contribution is -0.123. The standard InChI is InChI=1S/C35H47N3O3/c1-2-3-4-5-6-7-8-12-25-37-35(41)33(24-18-27-13-10-9-11-14-27)38-34(40)30-20-23-32(36)29(26-30)19-15-28-16-21-31(39)22-17-28/h9-11,13-14,16-17,20-23,26,33,39H,2-8,12,15,18-19,24-25,36H2,1H3,(H,37,41)(H,38,40)/t33-/m0/s1. The van der Waals surface area contributed by atoms with Crippen LogP contribution in [-0.2, 0) is 24.1 Å². The van der Waals surface area contributed by atoms with Crippen molar-refractivity contribution in [3.05, 3.63) is 95.1 Å². The van der Waals surface area contributed by atoms with Gasteiger partial charge in [0.2, 0.25) is 5.91 Å². The maximum absolute atomic E-state index is 13.3. The molecule has 0 bridgehead atoms. The van der Waals surface area contributed by atoms with Crippen LogP contribution < -0.4 is 16.4 Å². The molecule has 0 heterocycles. The zero-order chi connectivity index (χ0) is 29.3. The van der Waals surface area contributed by atoms with E-state index in [0.29, 0.717) is 37.1 Å². The summed E-state index contributed by atoms with van der Waals surface area (Å²) in [6, 6.07) is 21.8. The predicted molar refractivity (Wildman–Crippen MR) is 168 cm³/mol. The summed E-state index contributed by atoms with van der Waals surface area (Å²) in [6.07, 6.45) is 12.3. The number of nitrogens with one attached hydrogen (secondary N) is 2. The van der Waals surface area contributed by atoms with Crippen LogP contribution in [0.25, 0.3) is 0 Å². The third-order valence-corrected chi connectivity index (χ3v) is 7.54. The van der Waals surface area contributed by atoms with E-state index in [0.717, 1.165) is 36.0 Å². The number of rotatable bonds is 18. The summed E-state index contributed by atoms with van der Waals surface area (Å²) in [5.41, 5.74) is 10.4. The first-order chi connectivity index (χ1) is 20.0. The van der Waals surface area contributed by atoms with Gasteiger partial charge in [0.05, 0.1) is 0 Å². The Morgan fingerprint density at radius 3 is 2.15 bits per heavy atom. The van der Waals surface area contributed by atoms with Crippen LogP contribution >= 0.6 is 0 Å². The second-order valence-corrected chi connectivity index (χ2v) is 10.9. The maximum Gasteiger partial charge on any atom is 0.251 e. The number of unbranched alkanes of at least 4 members (excludes halogenated alkanes) is 7. The smallest absolute Gasteiger partial charge is 0.251 e. The van der Waals surface area contributed by atoms with Gasteiger partial charge < -0.3 is 21.5 Å². The van der Waals surface area contributed by atoms with Gasteiger partial charge in [-0.2, -0.15) is 0 Å². The fraction of sp³-hybridized carbons (Fsp3) is 0.429. The molecule has 2 amide bonds. The molecule has 0 saturated carbocycles. The zero-order valence-corrected chi connectivity index (χ0v) is 24.5. The topological polar surface area (TPSA) is 104 Å². The van der Waals surface area contributed by atoms with Gasteiger partial charge in [0.25, 0.3) is 5.91 Å². The van der Waals surface area contributed by atoms with E-state index >= 15 is 0 Å². The van der Waals surface area contributed by atoms with Gasteiger partial charge >= 0.3 is 0 Å². The summed E-state index contributed by atoms with van der Waals surface area (Å²) >= 11 is 0. The van der Waals surface area contributed by atoms with Gasteiger partial charge in [-0.3, -0.25) is 9.59 Å². The SMILES string of the molecule is CCCCCCCCCCNC(=O)[C@H](CCc1ccccc1)NC(=O)c1ccc(N)c(CCc2ccc(O)cc2)c1. The first-order valence-electron chi connectivity index (χ1n) is 15.2. The van der Waals surface area contributed by atoms with Crippen molar-refractivity contribution >= 4 is 17.5 Å². The number of amides is 2. The fourth-order valence-corrected chi connectivity index (χ4v) is 4.96. The van der Waals surface area contributed by atoms with E-state index in [9.17, 15) is 14.7 Å². The minimum atomic E-state index is -0.630. The largest absolute Gasteiger partial charge is 0.508 e. The molecule has 0 aliphatic carbocycles. The Bertz CT molecular complexity index is 1200. The summed E-state index contributed by atoms with van der Waals surface area (Å²) in [6.45, 7) is 2.85. The predicted octanol–water partition coefficient (Wildman–Crippen LogP) is 6.75. The van der Waals surface area contributed by atoms with Gasteiger partial charge in [0.1, 0.15) is 11.8 Å². The van der Waals surface area contributed by atoms with Crippen LogP contribution in [0.3, 0.4) is 0 Å². The molecule has 6 heteroatoms. The highest BCUT2D eigenvalue weighted by Crippen LogP contribution is 2.19. The maximum atomic E-state index is 13.3. The highest BCUT2D eigenvalue weighted by molar-refractivity contribution is 5.98. The molecule has 3 rings (SSSR count). The molecule has 5 N–H and O–H groups in total. The third-order valence-electron chi connectivity index (χ3n) is 7.54. The molecule has 6 nitrogen and oxygen atoms in total. The number of aromatic hydroxyl groups is 1. The summed E-state index contributed by atoms with van der Waals surface area (Å²) < 4.78 is 0. The molecule has 0 radical (unpaired) electrons. The number of nitrogens with two attached hydrogens (primary N) is 1. The van der Waals surface area contributed by atoms with E-state index in [1.807, 2.05) is 48.5 Å². The lowest BCUT2D eigenvalue weighted by atomic mass is 10.00. The van der Waals surface area contributed by atoms with Gasteiger partial charge in [-0.15, -0.1) is 0 Å². The first kappa shape index (κ1) is 31.7. The number of phenolic OH excluding ortho intramolecular Hbond substituents is 1. The highest BCUT2D eigenvalue weighted by Gasteiger charge is 2.21. The van der Waals surface area contributed by atoms with E-state index in [-0.39, 0.29) is 17.6 Å². The van der Waals surface area contributed by atoms with Gasteiger partial charge in [0, 0.05) is 17.8 Å². The molecule has 3 aromatic rings. The Labute approximate surface area is 245 Å². The molecule has 41 heavy (non-hydrogen) atoms. The molecule has 220 valence electrons. The van der Waals surface area contributed by atoms with Crippen LogP contribution in [0.1, 0.15) is 91.8 Å².